The number of fused-ring (bicyclic) bond motifs is 1. The molecule has 0 unspecified atom stereocenters. The van der Waals surface area contributed by atoms with Crippen molar-refractivity contribution in [2.45, 2.75) is 13.2 Å². The number of ether oxygens (including phenoxy) is 2. The molecule has 3 aromatic carbocycles. The average Bonchev–Trinajstić information content (AvgIpc) is 3.35. The Bertz CT molecular complexity index is 1450. The lowest BCUT2D eigenvalue weighted by Crippen LogP contribution is -2.22. The van der Waals surface area contributed by atoms with E-state index in [1.54, 1.807) is 37.7 Å². The highest BCUT2D eigenvalue weighted by Crippen LogP contribution is 2.30. The minimum absolute atomic E-state index is 0.191. The second-order valence-corrected chi connectivity index (χ2v) is 7.92. The number of amides is 1. The minimum Gasteiger partial charge on any atom is -0.493 e. The molecule has 2 heterocycles. The molecule has 5 aromatic rings. The first-order valence-electron chi connectivity index (χ1n) is 11.1. The Kier molecular flexibility index (Phi) is 6.39. The van der Waals surface area contributed by atoms with Crippen molar-refractivity contribution in [3.8, 4) is 22.8 Å². The highest BCUT2D eigenvalue weighted by molar-refractivity contribution is 6.00. The lowest BCUT2D eigenvalue weighted by atomic mass is 10.1. The first-order valence-corrected chi connectivity index (χ1v) is 11.1. The molecule has 174 valence electrons. The summed E-state index contributed by atoms with van der Waals surface area (Å²) in [6, 6.07) is 24.5. The maximum atomic E-state index is 12.9. The van der Waals surface area contributed by atoms with E-state index in [4.69, 9.17) is 14.0 Å². The Hall–Kier alpha value is -4.65. The molecule has 5 rings (SSSR count). The molecule has 7 nitrogen and oxygen atoms in total. The van der Waals surface area contributed by atoms with Crippen LogP contribution in [-0.2, 0) is 13.2 Å². The van der Waals surface area contributed by atoms with Crippen LogP contribution in [0, 0.1) is 0 Å². The molecule has 0 atom stereocenters. The van der Waals surface area contributed by atoms with Gasteiger partial charge in [0.25, 0.3) is 5.91 Å². The molecule has 0 aliphatic heterocycles. The monoisotopic (exact) mass is 465 g/mol. The number of nitrogens with zero attached hydrogens (tertiary/aromatic N) is 2. The molecule has 0 fully saturated rings. The summed E-state index contributed by atoms with van der Waals surface area (Å²) in [5.74, 6) is 1.68. The molecule has 35 heavy (non-hydrogen) atoms. The summed E-state index contributed by atoms with van der Waals surface area (Å²) < 4.78 is 16.9. The van der Waals surface area contributed by atoms with Gasteiger partial charge in [0.05, 0.1) is 12.5 Å². The van der Waals surface area contributed by atoms with E-state index in [1.165, 1.54) is 0 Å². The molecule has 0 aliphatic carbocycles. The predicted octanol–water partition coefficient (Wildman–Crippen LogP) is 5.41. The molecule has 0 aliphatic rings. The number of benzene rings is 3. The van der Waals surface area contributed by atoms with Gasteiger partial charge in [0.2, 0.25) is 0 Å². The van der Waals surface area contributed by atoms with Crippen LogP contribution >= 0.6 is 0 Å². The molecule has 7 heteroatoms. The van der Waals surface area contributed by atoms with Gasteiger partial charge in [0.1, 0.15) is 12.1 Å². The van der Waals surface area contributed by atoms with Crippen LogP contribution in [0.1, 0.15) is 21.5 Å². The molecule has 0 saturated heterocycles. The molecule has 0 spiro atoms. The number of hydrogen-bond acceptors (Lipinski definition) is 6. The van der Waals surface area contributed by atoms with Gasteiger partial charge in [-0.15, -0.1) is 0 Å². The van der Waals surface area contributed by atoms with Crippen molar-refractivity contribution in [2.75, 3.05) is 7.11 Å². The van der Waals surface area contributed by atoms with Crippen molar-refractivity contribution in [1.29, 1.82) is 0 Å². The minimum atomic E-state index is -0.191. The summed E-state index contributed by atoms with van der Waals surface area (Å²) in [5.41, 5.74) is 4.04. The lowest BCUT2D eigenvalue weighted by Gasteiger charge is -2.13. The zero-order chi connectivity index (χ0) is 24.0. The third kappa shape index (κ3) is 4.99. The summed E-state index contributed by atoms with van der Waals surface area (Å²) in [6.45, 7) is 0.748. The van der Waals surface area contributed by atoms with Crippen LogP contribution in [0.15, 0.2) is 95.8 Å². The number of pyridine rings is 1. The number of nitrogens with one attached hydrogen (secondary N) is 1. The number of hydrogen-bond donors (Lipinski definition) is 1. The van der Waals surface area contributed by atoms with Gasteiger partial charge in [-0.25, -0.2) is 0 Å². The van der Waals surface area contributed by atoms with E-state index in [1.807, 2.05) is 60.7 Å². The number of methoxy groups -OCH3 is 1. The topological polar surface area (TPSA) is 86.5 Å². The largest absolute Gasteiger partial charge is 0.493 e. The van der Waals surface area contributed by atoms with Crippen LogP contribution in [0.2, 0.25) is 0 Å². The van der Waals surface area contributed by atoms with Crippen LogP contribution in [-0.4, -0.2) is 23.2 Å². The second kappa shape index (κ2) is 10.1. The first-order chi connectivity index (χ1) is 17.2. The Labute approximate surface area is 202 Å². The van der Waals surface area contributed by atoms with E-state index in [0.29, 0.717) is 41.5 Å². The molecular formula is C28H23N3O4. The number of rotatable bonds is 8. The third-order valence-corrected chi connectivity index (χ3v) is 5.60. The summed E-state index contributed by atoms with van der Waals surface area (Å²) in [7, 11) is 1.59. The standard InChI is InChI=1S/C28H23N3O4/c1-33-26-15-20(7-10-25(26)34-18-19-11-13-29-14-12-19)17-30-28(32)22-8-9-24-23(16-22)27(35-31-24)21-5-3-2-4-6-21/h2-16H,17-18H2,1H3,(H,30,32). The van der Waals surface area contributed by atoms with Crippen LogP contribution in [0.5, 0.6) is 11.5 Å². The smallest absolute Gasteiger partial charge is 0.251 e. The first kappa shape index (κ1) is 22.2. The van der Waals surface area contributed by atoms with Crippen LogP contribution < -0.4 is 14.8 Å². The number of carbonyl (C=O) groups excluding carboxylic acids is 1. The average molecular weight is 466 g/mol. The van der Waals surface area contributed by atoms with E-state index in [-0.39, 0.29) is 5.91 Å². The Balaban J connectivity index is 1.27. The fourth-order valence-electron chi connectivity index (χ4n) is 3.75. The summed E-state index contributed by atoms with van der Waals surface area (Å²) in [6.07, 6.45) is 3.45. The van der Waals surface area contributed by atoms with Crippen LogP contribution in [0.4, 0.5) is 0 Å². The normalized spacial score (nSPS) is 10.8. The maximum absolute atomic E-state index is 12.9. The molecule has 2 aromatic heterocycles. The van der Waals surface area contributed by atoms with Crippen molar-refractivity contribution in [2.24, 2.45) is 0 Å². The van der Waals surface area contributed by atoms with Crippen molar-refractivity contribution in [1.82, 2.24) is 15.5 Å². The SMILES string of the molecule is COc1cc(CNC(=O)c2ccc3noc(-c4ccccc4)c3c2)ccc1OCc1ccncc1. The third-order valence-electron chi connectivity index (χ3n) is 5.60. The fourth-order valence-corrected chi connectivity index (χ4v) is 3.75. The van der Waals surface area contributed by atoms with Crippen LogP contribution in [0.3, 0.4) is 0 Å². The van der Waals surface area contributed by atoms with Gasteiger partial charge in [-0.2, -0.15) is 0 Å². The van der Waals surface area contributed by atoms with E-state index in [2.05, 4.69) is 15.5 Å². The van der Waals surface area contributed by atoms with Crippen molar-refractivity contribution in [3.63, 3.8) is 0 Å². The van der Waals surface area contributed by atoms with Crippen molar-refractivity contribution in [3.05, 3.63) is 108 Å². The van der Waals surface area contributed by atoms with Crippen LogP contribution in [0.25, 0.3) is 22.2 Å². The van der Waals surface area contributed by atoms with Gasteiger partial charge < -0.3 is 19.3 Å². The molecule has 1 N–H and O–H groups in total. The Morgan fingerprint density at radius 2 is 1.74 bits per heavy atom. The summed E-state index contributed by atoms with van der Waals surface area (Å²) in [5, 5.41) is 7.87. The molecule has 0 saturated carbocycles. The lowest BCUT2D eigenvalue weighted by molar-refractivity contribution is 0.0951. The van der Waals surface area contributed by atoms with E-state index >= 15 is 0 Å². The molecule has 0 radical (unpaired) electrons. The maximum Gasteiger partial charge on any atom is 0.251 e. The van der Waals surface area contributed by atoms with Gasteiger partial charge in [0.15, 0.2) is 17.3 Å². The van der Waals surface area contributed by atoms with E-state index in [0.717, 1.165) is 22.1 Å². The zero-order valence-corrected chi connectivity index (χ0v) is 19.1. The van der Waals surface area contributed by atoms with Gasteiger partial charge in [-0.1, -0.05) is 41.6 Å². The van der Waals surface area contributed by atoms with Gasteiger partial charge in [-0.05, 0) is 53.6 Å². The Morgan fingerprint density at radius 1 is 0.914 bits per heavy atom. The quantitative estimate of drug-likeness (QED) is 0.330. The predicted molar refractivity (Wildman–Crippen MR) is 132 cm³/mol. The summed E-state index contributed by atoms with van der Waals surface area (Å²) in [4.78, 5) is 16.9. The molecule has 0 bridgehead atoms. The van der Waals surface area contributed by atoms with Crippen molar-refractivity contribution >= 4 is 16.8 Å². The fraction of sp³-hybridized carbons (Fsp3) is 0.107. The molecule has 1 amide bonds. The zero-order valence-electron chi connectivity index (χ0n) is 19.1. The number of carbonyl (C=O) groups is 1. The summed E-state index contributed by atoms with van der Waals surface area (Å²) >= 11 is 0. The number of aromatic nitrogens is 2. The Morgan fingerprint density at radius 3 is 2.54 bits per heavy atom. The highest BCUT2D eigenvalue weighted by atomic mass is 16.5. The van der Waals surface area contributed by atoms with E-state index in [9.17, 15) is 4.79 Å². The molecular weight excluding hydrogens is 442 g/mol. The highest BCUT2D eigenvalue weighted by Gasteiger charge is 2.14. The van der Waals surface area contributed by atoms with E-state index < -0.39 is 0 Å². The van der Waals surface area contributed by atoms with Gasteiger partial charge >= 0.3 is 0 Å². The van der Waals surface area contributed by atoms with Crippen molar-refractivity contribution < 1.29 is 18.8 Å². The van der Waals surface area contributed by atoms with Gasteiger partial charge in [-0.3, -0.25) is 9.78 Å². The van der Waals surface area contributed by atoms with Gasteiger partial charge in [0, 0.05) is 30.1 Å². The second-order valence-electron chi connectivity index (χ2n) is 7.92.